The Morgan fingerprint density at radius 3 is 2.79 bits per heavy atom. The van der Waals surface area contributed by atoms with Crippen LogP contribution in [0, 0.1) is 24.7 Å². The number of carbonyl (C=O) groups is 1. The number of anilines is 1. The molecule has 0 aliphatic heterocycles. The summed E-state index contributed by atoms with van der Waals surface area (Å²) in [5.41, 5.74) is 2.59. The molecule has 3 nitrogen and oxygen atoms in total. The summed E-state index contributed by atoms with van der Waals surface area (Å²) in [4.78, 5) is 11.8. The highest BCUT2D eigenvalue weighted by atomic mass is 16.2. The normalized spacial score (nSPS) is 9.95. The summed E-state index contributed by atoms with van der Waals surface area (Å²) in [6, 6.07) is 5.63. The molecule has 3 heteroatoms. The fourth-order valence-corrected chi connectivity index (χ4v) is 1.61. The van der Waals surface area contributed by atoms with Crippen LogP contribution >= 0.6 is 0 Å². The number of aryl methyl sites for hydroxylation is 1. The number of carbonyl (C=O) groups excluding carboxylic acids is 1. The van der Waals surface area contributed by atoms with Crippen molar-refractivity contribution in [2.24, 2.45) is 5.92 Å². The van der Waals surface area contributed by atoms with Gasteiger partial charge in [-0.1, -0.05) is 31.8 Å². The second-order valence-electron chi connectivity index (χ2n) is 4.97. The van der Waals surface area contributed by atoms with Crippen LogP contribution in [0.4, 0.5) is 5.69 Å². The van der Waals surface area contributed by atoms with E-state index in [0.29, 0.717) is 12.3 Å². The van der Waals surface area contributed by atoms with E-state index in [0.717, 1.165) is 23.2 Å². The molecule has 0 fully saturated rings. The molecule has 1 aromatic rings. The lowest BCUT2D eigenvalue weighted by atomic mass is 10.1. The van der Waals surface area contributed by atoms with Crippen LogP contribution in [0.2, 0.25) is 0 Å². The molecule has 19 heavy (non-hydrogen) atoms. The Balaban J connectivity index is 2.74. The average molecular weight is 259 g/mol. The summed E-state index contributed by atoms with van der Waals surface area (Å²) in [7, 11) is 0. The number of hydrogen-bond acceptors (Lipinski definition) is 2. The van der Waals surface area contributed by atoms with Crippen molar-refractivity contribution in [1.29, 1.82) is 0 Å². The third kappa shape index (κ3) is 5.58. The van der Waals surface area contributed by atoms with E-state index in [-0.39, 0.29) is 12.5 Å². The summed E-state index contributed by atoms with van der Waals surface area (Å²) in [5.74, 6) is 5.98. The van der Waals surface area contributed by atoms with E-state index in [1.165, 1.54) is 0 Å². The summed E-state index contributed by atoms with van der Waals surface area (Å²) < 4.78 is 0. The Kier molecular flexibility index (Phi) is 6.11. The van der Waals surface area contributed by atoms with Gasteiger partial charge in [-0.05, 0) is 37.0 Å². The molecule has 0 saturated heterocycles. The van der Waals surface area contributed by atoms with E-state index in [2.05, 4.69) is 31.0 Å². The van der Waals surface area contributed by atoms with Crippen molar-refractivity contribution in [3.63, 3.8) is 0 Å². The number of aliphatic hydroxyl groups excluding tert-OH is 1. The molecule has 0 atom stereocenters. The largest absolute Gasteiger partial charge is 0.384 e. The molecule has 102 valence electrons. The highest BCUT2D eigenvalue weighted by Gasteiger charge is 2.06. The van der Waals surface area contributed by atoms with Gasteiger partial charge in [0, 0.05) is 17.7 Å². The number of aliphatic hydroxyl groups is 1. The van der Waals surface area contributed by atoms with E-state index in [1.54, 1.807) is 0 Å². The van der Waals surface area contributed by atoms with Gasteiger partial charge in [0.2, 0.25) is 5.91 Å². The highest BCUT2D eigenvalue weighted by molar-refractivity contribution is 5.91. The average Bonchev–Trinajstić information content (AvgIpc) is 2.37. The predicted octanol–water partition coefficient (Wildman–Crippen LogP) is 2.71. The second kappa shape index (κ2) is 7.60. The lowest BCUT2D eigenvalue weighted by Gasteiger charge is -2.10. The molecule has 0 heterocycles. The highest BCUT2D eigenvalue weighted by Crippen LogP contribution is 2.17. The lowest BCUT2D eigenvalue weighted by Crippen LogP contribution is -2.13. The molecular formula is C16H21NO2. The Morgan fingerprint density at radius 1 is 1.42 bits per heavy atom. The molecule has 0 radical (unpaired) electrons. The van der Waals surface area contributed by atoms with Crippen molar-refractivity contribution in [3.05, 3.63) is 29.3 Å². The van der Waals surface area contributed by atoms with Crippen molar-refractivity contribution in [3.8, 4) is 11.8 Å². The van der Waals surface area contributed by atoms with Crippen LogP contribution in [-0.4, -0.2) is 17.6 Å². The van der Waals surface area contributed by atoms with Gasteiger partial charge in [-0.15, -0.1) is 0 Å². The number of nitrogens with one attached hydrogen (secondary N) is 1. The second-order valence-corrected chi connectivity index (χ2v) is 4.97. The Bertz CT molecular complexity index is 495. The van der Waals surface area contributed by atoms with Crippen LogP contribution in [0.5, 0.6) is 0 Å². The maximum atomic E-state index is 11.8. The van der Waals surface area contributed by atoms with Crippen molar-refractivity contribution in [2.75, 3.05) is 11.9 Å². The standard InChI is InChI=1S/C16H21NO2/c1-12(2)6-9-16(19)17-15-11-14(5-4-10-18)8-7-13(15)3/h7-8,11-12,18H,6,9-10H2,1-3H3,(H,17,19). The van der Waals surface area contributed by atoms with Crippen LogP contribution in [0.25, 0.3) is 0 Å². The molecule has 0 aliphatic carbocycles. The van der Waals surface area contributed by atoms with Gasteiger partial charge in [0.05, 0.1) is 0 Å². The molecule has 0 aromatic heterocycles. The van der Waals surface area contributed by atoms with Gasteiger partial charge in [-0.3, -0.25) is 4.79 Å². The van der Waals surface area contributed by atoms with E-state index in [9.17, 15) is 4.79 Å². The monoisotopic (exact) mass is 259 g/mol. The van der Waals surface area contributed by atoms with Crippen molar-refractivity contribution < 1.29 is 9.90 Å². The first-order valence-electron chi connectivity index (χ1n) is 6.53. The lowest BCUT2D eigenvalue weighted by molar-refractivity contribution is -0.116. The molecular weight excluding hydrogens is 238 g/mol. The first kappa shape index (κ1) is 15.3. The fraction of sp³-hybridized carbons (Fsp3) is 0.438. The SMILES string of the molecule is Cc1ccc(C#CCO)cc1NC(=O)CCC(C)C. The topological polar surface area (TPSA) is 49.3 Å². The first-order chi connectivity index (χ1) is 9.02. The van der Waals surface area contributed by atoms with Crippen LogP contribution < -0.4 is 5.32 Å². The fourth-order valence-electron chi connectivity index (χ4n) is 1.61. The van der Waals surface area contributed by atoms with Gasteiger partial charge in [0.1, 0.15) is 6.61 Å². The third-order valence-electron chi connectivity index (χ3n) is 2.77. The van der Waals surface area contributed by atoms with Gasteiger partial charge in [0.25, 0.3) is 0 Å². The van der Waals surface area contributed by atoms with Crippen LogP contribution in [-0.2, 0) is 4.79 Å². The number of benzene rings is 1. The van der Waals surface area contributed by atoms with Crippen molar-refractivity contribution in [1.82, 2.24) is 0 Å². The molecule has 1 amide bonds. The Morgan fingerprint density at radius 2 is 2.16 bits per heavy atom. The van der Waals surface area contributed by atoms with Gasteiger partial charge in [-0.25, -0.2) is 0 Å². The summed E-state index contributed by atoms with van der Waals surface area (Å²) in [5, 5.41) is 11.6. The van der Waals surface area contributed by atoms with Crippen molar-refractivity contribution >= 4 is 11.6 Å². The molecule has 0 unspecified atom stereocenters. The van der Waals surface area contributed by atoms with E-state index in [1.807, 2.05) is 25.1 Å². The van der Waals surface area contributed by atoms with Crippen molar-refractivity contribution in [2.45, 2.75) is 33.6 Å². The molecule has 0 aliphatic rings. The van der Waals surface area contributed by atoms with Gasteiger partial charge < -0.3 is 10.4 Å². The molecule has 1 rings (SSSR count). The maximum Gasteiger partial charge on any atom is 0.224 e. The van der Waals surface area contributed by atoms with Crippen LogP contribution in [0.1, 0.15) is 37.8 Å². The Hall–Kier alpha value is -1.79. The quantitative estimate of drug-likeness (QED) is 0.817. The number of rotatable bonds is 4. The van der Waals surface area contributed by atoms with E-state index < -0.39 is 0 Å². The summed E-state index contributed by atoms with van der Waals surface area (Å²) >= 11 is 0. The molecule has 0 spiro atoms. The zero-order valence-corrected chi connectivity index (χ0v) is 11.8. The summed E-state index contributed by atoms with van der Waals surface area (Å²) in [6.07, 6.45) is 1.42. The van der Waals surface area contributed by atoms with Gasteiger partial charge in [-0.2, -0.15) is 0 Å². The van der Waals surface area contributed by atoms with Gasteiger partial charge >= 0.3 is 0 Å². The molecule has 0 saturated carbocycles. The molecule has 2 N–H and O–H groups in total. The predicted molar refractivity (Wildman–Crippen MR) is 77.8 cm³/mol. The van der Waals surface area contributed by atoms with E-state index in [4.69, 9.17) is 5.11 Å². The van der Waals surface area contributed by atoms with Crippen LogP contribution in [0.15, 0.2) is 18.2 Å². The minimum atomic E-state index is -0.163. The number of hydrogen-bond donors (Lipinski definition) is 2. The zero-order valence-electron chi connectivity index (χ0n) is 11.8. The number of amides is 1. The third-order valence-corrected chi connectivity index (χ3v) is 2.77. The molecule has 1 aromatic carbocycles. The van der Waals surface area contributed by atoms with Crippen LogP contribution in [0.3, 0.4) is 0 Å². The van der Waals surface area contributed by atoms with E-state index >= 15 is 0 Å². The zero-order chi connectivity index (χ0) is 14.3. The van der Waals surface area contributed by atoms with Gasteiger partial charge in [0.15, 0.2) is 0 Å². The summed E-state index contributed by atoms with van der Waals surface area (Å²) in [6.45, 7) is 5.98. The smallest absolute Gasteiger partial charge is 0.224 e. The molecule has 0 bridgehead atoms. The minimum Gasteiger partial charge on any atom is -0.384 e. The first-order valence-corrected chi connectivity index (χ1v) is 6.53. The Labute approximate surface area is 115 Å². The maximum absolute atomic E-state index is 11.8. The minimum absolute atomic E-state index is 0.0315.